The Hall–Kier alpha value is -1.75. The summed E-state index contributed by atoms with van der Waals surface area (Å²) >= 11 is 0. The van der Waals surface area contributed by atoms with Gasteiger partial charge < -0.3 is 4.74 Å². The normalized spacial score (nSPS) is 10.9. The molecule has 0 atom stereocenters. The molecular weight excluding hydrogens is 223 g/mol. The van der Waals surface area contributed by atoms with Gasteiger partial charge in [0, 0.05) is 25.6 Å². The van der Waals surface area contributed by atoms with Crippen LogP contribution in [0.1, 0.15) is 16.9 Å². The number of aryl methyl sites for hydroxylation is 1. The van der Waals surface area contributed by atoms with Gasteiger partial charge in [-0.15, -0.1) is 0 Å². The minimum atomic E-state index is -0.364. The summed E-state index contributed by atoms with van der Waals surface area (Å²) < 4.78 is 19.8. The number of ether oxygens (including phenoxy) is 1. The third-order valence-corrected chi connectivity index (χ3v) is 2.57. The number of aromatic nitrogens is 2. The third kappa shape index (κ3) is 2.34. The number of carbonyl (C=O) groups is 1. The topological polar surface area (TPSA) is 44.1 Å². The fourth-order valence-electron chi connectivity index (χ4n) is 1.79. The Bertz CT molecular complexity index is 537. The number of nitrogens with zero attached hydrogens (tertiary/aromatic N) is 2. The zero-order valence-corrected chi connectivity index (χ0v) is 9.52. The van der Waals surface area contributed by atoms with Crippen LogP contribution in [-0.4, -0.2) is 29.8 Å². The van der Waals surface area contributed by atoms with E-state index in [2.05, 4.69) is 5.10 Å². The second-order valence-electron chi connectivity index (χ2n) is 3.73. The van der Waals surface area contributed by atoms with Gasteiger partial charge in [-0.1, -0.05) is 0 Å². The Labute approximate surface area is 98.0 Å². The Balaban J connectivity index is 2.39. The monoisotopic (exact) mass is 236 g/mol. The van der Waals surface area contributed by atoms with Crippen molar-refractivity contribution in [2.45, 2.75) is 13.0 Å². The SMILES string of the molecule is COCCCn1nc(C=O)c2cc(F)ccc21. The van der Waals surface area contributed by atoms with Crippen molar-refractivity contribution >= 4 is 17.2 Å². The molecule has 0 radical (unpaired) electrons. The molecule has 90 valence electrons. The molecule has 0 amide bonds. The van der Waals surface area contributed by atoms with Gasteiger partial charge >= 0.3 is 0 Å². The van der Waals surface area contributed by atoms with Crippen molar-refractivity contribution in [2.24, 2.45) is 0 Å². The van der Waals surface area contributed by atoms with Gasteiger partial charge in [0.2, 0.25) is 0 Å². The molecule has 2 rings (SSSR count). The van der Waals surface area contributed by atoms with E-state index in [4.69, 9.17) is 4.74 Å². The van der Waals surface area contributed by atoms with Crippen LogP contribution < -0.4 is 0 Å². The molecule has 0 saturated carbocycles. The number of carbonyl (C=O) groups excluding carboxylic acids is 1. The molecule has 2 aromatic rings. The highest BCUT2D eigenvalue weighted by molar-refractivity contribution is 5.95. The molecule has 17 heavy (non-hydrogen) atoms. The van der Waals surface area contributed by atoms with E-state index < -0.39 is 0 Å². The number of hydrogen-bond acceptors (Lipinski definition) is 3. The molecule has 0 aliphatic rings. The first-order valence-corrected chi connectivity index (χ1v) is 5.36. The molecule has 0 fully saturated rings. The lowest BCUT2D eigenvalue weighted by Crippen LogP contribution is -2.03. The maximum Gasteiger partial charge on any atom is 0.170 e. The molecule has 0 unspecified atom stereocenters. The zero-order chi connectivity index (χ0) is 12.3. The second kappa shape index (κ2) is 5.05. The van der Waals surface area contributed by atoms with Gasteiger partial charge in [0.25, 0.3) is 0 Å². The van der Waals surface area contributed by atoms with Gasteiger partial charge in [-0.25, -0.2) is 4.39 Å². The summed E-state index contributed by atoms with van der Waals surface area (Å²) in [6, 6.07) is 4.34. The van der Waals surface area contributed by atoms with Crippen LogP contribution in [0.3, 0.4) is 0 Å². The Morgan fingerprint density at radius 3 is 3.06 bits per heavy atom. The highest BCUT2D eigenvalue weighted by Gasteiger charge is 2.10. The van der Waals surface area contributed by atoms with E-state index in [1.54, 1.807) is 17.9 Å². The highest BCUT2D eigenvalue weighted by Crippen LogP contribution is 2.19. The zero-order valence-electron chi connectivity index (χ0n) is 9.52. The number of benzene rings is 1. The number of methoxy groups -OCH3 is 1. The predicted octanol–water partition coefficient (Wildman–Crippen LogP) is 2.02. The average molecular weight is 236 g/mol. The summed E-state index contributed by atoms with van der Waals surface area (Å²) in [5.74, 6) is -0.364. The number of rotatable bonds is 5. The molecular formula is C12H13FN2O2. The lowest BCUT2D eigenvalue weighted by atomic mass is 10.2. The number of fused-ring (bicyclic) bond motifs is 1. The van der Waals surface area contributed by atoms with Crippen LogP contribution >= 0.6 is 0 Å². The molecule has 0 N–H and O–H groups in total. The minimum absolute atomic E-state index is 0.275. The van der Waals surface area contributed by atoms with E-state index in [1.807, 2.05) is 0 Å². The maximum absolute atomic E-state index is 13.1. The van der Waals surface area contributed by atoms with Crippen molar-refractivity contribution < 1.29 is 13.9 Å². The van der Waals surface area contributed by atoms with Gasteiger partial charge in [-0.05, 0) is 24.6 Å². The van der Waals surface area contributed by atoms with Crippen LogP contribution in [0.2, 0.25) is 0 Å². The third-order valence-electron chi connectivity index (χ3n) is 2.57. The fraction of sp³-hybridized carbons (Fsp3) is 0.333. The maximum atomic E-state index is 13.1. The summed E-state index contributed by atoms with van der Waals surface area (Å²) in [5.41, 5.74) is 1.04. The summed E-state index contributed by atoms with van der Waals surface area (Å²) in [7, 11) is 1.63. The first kappa shape index (κ1) is 11.7. The van der Waals surface area contributed by atoms with E-state index in [0.717, 1.165) is 11.9 Å². The molecule has 1 heterocycles. The van der Waals surface area contributed by atoms with Crippen molar-refractivity contribution in [3.8, 4) is 0 Å². The lowest BCUT2D eigenvalue weighted by Gasteiger charge is -2.02. The van der Waals surface area contributed by atoms with E-state index in [-0.39, 0.29) is 11.5 Å². The quantitative estimate of drug-likeness (QED) is 0.589. The van der Waals surface area contributed by atoms with Crippen LogP contribution in [0.15, 0.2) is 18.2 Å². The van der Waals surface area contributed by atoms with Gasteiger partial charge in [0.15, 0.2) is 6.29 Å². The van der Waals surface area contributed by atoms with Gasteiger partial charge in [-0.2, -0.15) is 5.10 Å². The molecule has 0 aliphatic heterocycles. The van der Waals surface area contributed by atoms with Gasteiger partial charge in [0.1, 0.15) is 11.5 Å². The molecule has 0 bridgehead atoms. The number of hydrogen-bond donors (Lipinski definition) is 0. The van der Waals surface area contributed by atoms with E-state index in [0.29, 0.717) is 24.8 Å². The van der Waals surface area contributed by atoms with Crippen LogP contribution in [0.5, 0.6) is 0 Å². The van der Waals surface area contributed by atoms with Crippen LogP contribution in [0.4, 0.5) is 4.39 Å². The van der Waals surface area contributed by atoms with Crippen molar-refractivity contribution in [1.82, 2.24) is 9.78 Å². The smallest absolute Gasteiger partial charge is 0.170 e. The van der Waals surface area contributed by atoms with Crippen LogP contribution in [0.25, 0.3) is 10.9 Å². The molecule has 0 saturated heterocycles. The van der Waals surface area contributed by atoms with Crippen molar-refractivity contribution in [3.63, 3.8) is 0 Å². The summed E-state index contributed by atoms with van der Waals surface area (Å²) in [4.78, 5) is 10.9. The standard InChI is InChI=1S/C12H13FN2O2/c1-17-6-2-5-15-12-4-3-9(13)7-10(12)11(8-16)14-15/h3-4,7-8H,2,5-6H2,1H3. The van der Waals surface area contributed by atoms with Gasteiger partial charge in [0.05, 0.1) is 5.52 Å². The largest absolute Gasteiger partial charge is 0.385 e. The lowest BCUT2D eigenvalue weighted by molar-refractivity contribution is 0.111. The molecule has 5 heteroatoms. The fourth-order valence-corrected chi connectivity index (χ4v) is 1.79. The van der Waals surface area contributed by atoms with Gasteiger partial charge in [-0.3, -0.25) is 9.48 Å². The Kier molecular flexibility index (Phi) is 3.49. The highest BCUT2D eigenvalue weighted by atomic mass is 19.1. The van der Waals surface area contributed by atoms with Crippen molar-refractivity contribution in [2.75, 3.05) is 13.7 Å². The molecule has 1 aromatic heterocycles. The van der Waals surface area contributed by atoms with Crippen LogP contribution in [-0.2, 0) is 11.3 Å². The summed E-state index contributed by atoms with van der Waals surface area (Å²) in [5, 5.41) is 4.70. The number of halogens is 1. The van der Waals surface area contributed by atoms with E-state index in [1.165, 1.54) is 12.1 Å². The molecule has 0 aliphatic carbocycles. The Morgan fingerprint density at radius 2 is 2.35 bits per heavy atom. The molecule has 1 aromatic carbocycles. The first-order valence-electron chi connectivity index (χ1n) is 5.36. The van der Waals surface area contributed by atoms with Crippen molar-refractivity contribution in [3.05, 3.63) is 29.7 Å². The first-order chi connectivity index (χ1) is 8.26. The summed E-state index contributed by atoms with van der Waals surface area (Å²) in [6.45, 7) is 1.27. The van der Waals surface area contributed by atoms with Crippen molar-refractivity contribution in [1.29, 1.82) is 0 Å². The van der Waals surface area contributed by atoms with E-state index in [9.17, 15) is 9.18 Å². The number of aldehydes is 1. The average Bonchev–Trinajstić information content (AvgIpc) is 2.67. The van der Waals surface area contributed by atoms with E-state index >= 15 is 0 Å². The Morgan fingerprint density at radius 1 is 1.53 bits per heavy atom. The molecule has 0 spiro atoms. The second-order valence-corrected chi connectivity index (χ2v) is 3.73. The minimum Gasteiger partial charge on any atom is -0.385 e. The van der Waals surface area contributed by atoms with Crippen LogP contribution in [0, 0.1) is 5.82 Å². The predicted molar refractivity (Wildman–Crippen MR) is 61.6 cm³/mol. The summed E-state index contributed by atoms with van der Waals surface area (Å²) in [6.07, 6.45) is 1.44. The molecule has 4 nitrogen and oxygen atoms in total.